The van der Waals surface area contributed by atoms with Gasteiger partial charge in [-0.1, -0.05) is 11.6 Å². The SMILES string of the molecule is Clc1cnccc1NCC1CCC(Cl)CC1. The van der Waals surface area contributed by atoms with Crippen LogP contribution in [0.15, 0.2) is 18.5 Å². The van der Waals surface area contributed by atoms with Gasteiger partial charge in [-0.25, -0.2) is 0 Å². The number of pyridine rings is 1. The number of hydrogen-bond donors (Lipinski definition) is 1. The molecule has 1 saturated carbocycles. The third-order valence-corrected chi connectivity index (χ3v) is 3.87. The fourth-order valence-corrected chi connectivity index (χ4v) is 2.54. The van der Waals surface area contributed by atoms with Crippen LogP contribution < -0.4 is 5.32 Å². The molecule has 0 amide bonds. The van der Waals surface area contributed by atoms with E-state index in [1.807, 2.05) is 6.07 Å². The minimum absolute atomic E-state index is 0.390. The average molecular weight is 259 g/mol. The first kappa shape index (κ1) is 12.0. The number of halogens is 2. The zero-order valence-electron chi connectivity index (χ0n) is 9.13. The minimum atomic E-state index is 0.390. The Labute approximate surface area is 106 Å². The highest BCUT2D eigenvalue weighted by atomic mass is 35.5. The van der Waals surface area contributed by atoms with Crippen LogP contribution in [0.4, 0.5) is 5.69 Å². The van der Waals surface area contributed by atoms with E-state index in [0.717, 1.165) is 31.0 Å². The summed E-state index contributed by atoms with van der Waals surface area (Å²) in [5.74, 6) is 0.722. The number of rotatable bonds is 3. The van der Waals surface area contributed by atoms with Crippen LogP contribution in [-0.2, 0) is 0 Å². The van der Waals surface area contributed by atoms with E-state index in [2.05, 4.69) is 10.3 Å². The topological polar surface area (TPSA) is 24.9 Å². The summed E-state index contributed by atoms with van der Waals surface area (Å²) < 4.78 is 0. The van der Waals surface area contributed by atoms with Gasteiger partial charge in [0, 0.05) is 24.3 Å². The Kier molecular flexibility index (Phi) is 4.30. The first-order valence-electron chi connectivity index (χ1n) is 5.73. The first-order chi connectivity index (χ1) is 7.75. The lowest BCUT2D eigenvalue weighted by molar-refractivity contribution is 0.378. The summed E-state index contributed by atoms with van der Waals surface area (Å²) in [4.78, 5) is 3.96. The molecule has 1 aliphatic carbocycles. The zero-order valence-corrected chi connectivity index (χ0v) is 10.6. The first-order valence-corrected chi connectivity index (χ1v) is 6.54. The molecule has 0 unspecified atom stereocenters. The number of hydrogen-bond acceptors (Lipinski definition) is 2. The lowest BCUT2D eigenvalue weighted by atomic mass is 9.89. The van der Waals surface area contributed by atoms with Gasteiger partial charge < -0.3 is 5.32 Å². The molecule has 2 rings (SSSR count). The van der Waals surface area contributed by atoms with E-state index < -0.39 is 0 Å². The highest BCUT2D eigenvalue weighted by molar-refractivity contribution is 6.33. The molecule has 88 valence electrons. The molecule has 1 N–H and O–H groups in total. The number of nitrogens with zero attached hydrogens (tertiary/aromatic N) is 1. The van der Waals surface area contributed by atoms with Crippen molar-refractivity contribution < 1.29 is 0 Å². The predicted molar refractivity (Wildman–Crippen MR) is 69.3 cm³/mol. The molecule has 0 aliphatic heterocycles. The Balaban J connectivity index is 1.81. The minimum Gasteiger partial charge on any atom is -0.383 e. The Hall–Kier alpha value is -0.470. The molecule has 0 radical (unpaired) electrons. The smallest absolute Gasteiger partial charge is 0.0820 e. The quantitative estimate of drug-likeness (QED) is 0.831. The molecule has 1 heterocycles. The highest BCUT2D eigenvalue weighted by Crippen LogP contribution is 2.28. The molecule has 0 atom stereocenters. The molecular formula is C12H16Cl2N2. The fourth-order valence-electron chi connectivity index (χ4n) is 2.10. The van der Waals surface area contributed by atoms with Gasteiger partial charge in [0.1, 0.15) is 0 Å². The Morgan fingerprint density at radius 3 is 2.75 bits per heavy atom. The van der Waals surface area contributed by atoms with Crippen molar-refractivity contribution in [2.24, 2.45) is 5.92 Å². The van der Waals surface area contributed by atoms with E-state index in [-0.39, 0.29) is 0 Å². The summed E-state index contributed by atoms with van der Waals surface area (Å²) in [5.41, 5.74) is 0.977. The second kappa shape index (κ2) is 5.74. The van der Waals surface area contributed by atoms with E-state index in [9.17, 15) is 0 Å². The molecule has 1 aliphatic rings. The molecule has 1 fully saturated rings. The van der Waals surface area contributed by atoms with Crippen LogP contribution in [0.5, 0.6) is 0 Å². The zero-order chi connectivity index (χ0) is 11.4. The Morgan fingerprint density at radius 1 is 1.31 bits per heavy atom. The van der Waals surface area contributed by atoms with Crippen LogP contribution in [-0.4, -0.2) is 16.9 Å². The van der Waals surface area contributed by atoms with Crippen LogP contribution >= 0.6 is 23.2 Å². The fraction of sp³-hybridized carbons (Fsp3) is 0.583. The van der Waals surface area contributed by atoms with Gasteiger partial charge in [0.05, 0.1) is 10.7 Å². The number of aromatic nitrogens is 1. The van der Waals surface area contributed by atoms with Gasteiger partial charge in [-0.3, -0.25) is 4.98 Å². The predicted octanol–water partition coefficient (Wildman–Crippen LogP) is 3.94. The largest absolute Gasteiger partial charge is 0.383 e. The van der Waals surface area contributed by atoms with Gasteiger partial charge in [0.15, 0.2) is 0 Å². The van der Waals surface area contributed by atoms with Crippen LogP contribution in [0.2, 0.25) is 5.02 Å². The summed E-state index contributed by atoms with van der Waals surface area (Å²) in [6, 6.07) is 1.91. The monoisotopic (exact) mass is 258 g/mol. The summed E-state index contributed by atoms with van der Waals surface area (Å²) >= 11 is 12.1. The average Bonchev–Trinajstić information content (AvgIpc) is 2.30. The lowest BCUT2D eigenvalue weighted by Crippen LogP contribution is -2.21. The van der Waals surface area contributed by atoms with Gasteiger partial charge in [0.2, 0.25) is 0 Å². The molecule has 2 nitrogen and oxygen atoms in total. The summed E-state index contributed by atoms with van der Waals surface area (Å²) in [7, 11) is 0. The van der Waals surface area contributed by atoms with Crippen LogP contribution in [0.25, 0.3) is 0 Å². The third-order valence-electron chi connectivity index (χ3n) is 3.13. The van der Waals surface area contributed by atoms with Crippen molar-refractivity contribution >= 4 is 28.9 Å². The number of nitrogens with one attached hydrogen (secondary N) is 1. The summed E-state index contributed by atoms with van der Waals surface area (Å²) in [5, 5.41) is 4.46. The lowest BCUT2D eigenvalue weighted by Gasteiger charge is -2.25. The molecular weight excluding hydrogens is 243 g/mol. The molecule has 0 spiro atoms. The molecule has 0 saturated heterocycles. The summed E-state index contributed by atoms with van der Waals surface area (Å²) in [6.45, 7) is 0.980. The number of anilines is 1. The van der Waals surface area contributed by atoms with Crippen molar-refractivity contribution in [2.45, 2.75) is 31.1 Å². The van der Waals surface area contributed by atoms with Crippen LogP contribution in [0.3, 0.4) is 0 Å². The molecule has 0 aromatic carbocycles. The van der Waals surface area contributed by atoms with E-state index in [0.29, 0.717) is 10.4 Å². The molecule has 0 bridgehead atoms. The Bertz CT molecular complexity index is 336. The van der Waals surface area contributed by atoms with Crippen molar-refractivity contribution in [3.63, 3.8) is 0 Å². The van der Waals surface area contributed by atoms with Crippen molar-refractivity contribution in [3.05, 3.63) is 23.5 Å². The standard InChI is InChI=1S/C12H16Cl2N2/c13-10-3-1-9(2-4-10)7-16-12-5-6-15-8-11(12)14/h5-6,8-10H,1-4,7H2,(H,15,16). The van der Waals surface area contributed by atoms with Gasteiger partial charge >= 0.3 is 0 Å². The third kappa shape index (κ3) is 3.26. The van der Waals surface area contributed by atoms with Gasteiger partial charge in [-0.15, -0.1) is 11.6 Å². The van der Waals surface area contributed by atoms with Gasteiger partial charge in [0.25, 0.3) is 0 Å². The Morgan fingerprint density at radius 2 is 2.06 bits per heavy atom. The normalized spacial score (nSPS) is 25.4. The molecule has 4 heteroatoms. The second-order valence-electron chi connectivity index (χ2n) is 4.35. The maximum atomic E-state index is 6.07. The highest BCUT2D eigenvalue weighted by Gasteiger charge is 2.19. The van der Waals surface area contributed by atoms with E-state index in [4.69, 9.17) is 23.2 Å². The van der Waals surface area contributed by atoms with Crippen LogP contribution in [0.1, 0.15) is 25.7 Å². The van der Waals surface area contributed by atoms with E-state index in [1.165, 1.54) is 12.8 Å². The van der Waals surface area contributed by atoms with Crippen molar-refractivity contribution in [1.29, 1.82) is 0 Å². The maximum Gasteiger partial charge on any atom is 0.0820 e. The number of alkyl halides is 1. The molecule has 16 heavy (non-hydrogen) atoms. The second-order valence-corrected chi connectivity index (χ2v) is 5.38. The van der Waals surface area contributed by atoms with Crippen molar-refractivity contribution in [3.8, 4) is 0 Å². The van der Waals surface area contributed by atoms with Crippen LogP contribution in [0, 0.1) is 5.92 Å². The van der Waals surface area contributed by atoms with Gasteiger partial charge in [-0.2, -0.15) is 0 Å². The van der Waals surface area contributed by atoms with Crippen molar-refractivity contribution in [2.75, 3.05) is 11.9 Å². The van der Waals surface area contributed by atoms with Crippen molar-refractivity contribution in [1.82, 2.24) is 4.98 Å². The van der Waals surface area contributed by atoms with E-state index >= 15 is 0 Å². The molecule has 1 aromatic rings. The van der Waals surface area contributed by atoms with E-state index in [1.54, 1.807) is 12.4 Å². The summed E-state index contributed by atoms with van der Waals surface area (Å²) in [6.07, 6.45) is 8.12. The maximum absolute atomic E-state index is 6.07. The van der Waals surface area contributed by atoms with Gasteiger partial charge in [-0.05, 0) is 37.7 Å². The molecule has 1 aromatic heterocycles.